The van der Waals surface area contributed by atoms with Crippen LogP contribution >= 0.6 is 0 Å². The van der Waals surface area contributed by atoms with Gasteiger partial charge >= 0.3 is 6.36 Å². The van der Waals surface area contributed by atoms with Crippen LogP contribution < -0.4 is 5.56 Å². The first-order valence-electron chi connectivity index (χ1n) is 9.70. The Kier molecular flexibility index (Phi) is 5.15. The van der Waals surface area contributed by atoms with Crippen LogP contribution in [0.4, 0.5) is 22.0 Å². The number of benzene rings is 1. The Hall–Kier alpha value is -2.75. The minimum Gasteiger partial charge on any atom is -0.325 e. The molecule has 1 saturated carbocycles. The summed E-state index contributed by atoms with van der Waals surface area (Å²) in [6.07, 6.45) is -3.89. The van der Waals surface area contributed by atoms with E-state index in [0.717, 1.165) is 11.1 Å². The zero-order valence-electron chi connectivity index (χ0n) is 16.8. The molecule has 5 nitrogen and oxygen atoms in total. The van der Waals surface area contributed by atoms with E-state index in [1.54, 1.807) is 44.4 Å². The lowest BCUT2D eigenvalue weighted by Gasteiger charge is -2.34. The summed E-state index contributed by atoms with van der Waals surface area (Å²) in [5.41, 5.74) is 2.92. The van der Waals surface area contributed by atoms with Crippen LogP contribution in [0.3, 0.4) is 0 Å². The summed E-state index contributed by atoms with van der Waals surface area (Å²) in [5.74, 6) is -2.98. The Balaban J connectivity index is 1.76. The number of hydrogen-bond acceptors (Lipinski definition) is 3. The van der Waals surface area contributed by atoms with Crippen LogP contribution in [-0.2, 0) is 18.3 Å². The molecule has 31 heavy (non-hydrogen) atoms. The SMILES string of the molecule is Cc1cc(-c2ccc3nc(C4CC(F)(F)C4)n(CCOC(F)(F)F)c3c2)cn(C)c1=O. The van der Waals surface area contributed by atoms with Crippen LogP contribution in [0.5, 0.6) is 0 Å². The molecule has 10 heteroatoms. The fraction of sp³-hybridized carbons (Fsp3) is 0.429. The third-order valence-electron chi connectivity index (χ3n) is 5.51. The van der Waals surface area contributed by atoms with Gasteiger partial charge in [-0.25, -0.2) is 13.8 Å². The van der Waals surface area contributed by atoms with E-state index in [0.29, 0.717) is 22.4 Å². The van der Waals surface area contributed by atoms with Gasteiger partial charge in [-0.15, -0.1) is 13.2 Å². The average Bonchev–Trinajstić information content (AvgIpc) is 3.00. The van der Waals surface area contributed by atoms with Crippen LogP contribution in [0.1, 0.15) is 30.1 Å². The maximum Gasteiger partial charge on any atom is 0.522 e. The molecular weight excluding hydrogens is 421 g/mol. The van der Waals surface area contributed by atoms with E-state index in [2.05, 4.69) is 9.72 Å². The minimum atomic E-state index is -4.78. The lowest BCUT2D eigenvalue weighted by molar-refractivity contribution is -0.325. The van der Waals surface area contributed by atoms with E-state index in [1.165, 1.54) is 9.13 Å². The zero-order chi connectivity index (χ0) is 22.6. The van der Waals surface area contributed by atoms with Crippen LogP contribution in [0, 0.1) is 6.92 Å². The molecule has 0 aliphatic heterocycles. The Morgan fingerprint density at radius 3 is 2.52 bits per heavy atom. The topological polar surface area (TPSA) is 49.0 Å². The van der Waals surface area contributed by atoms with E-state index in [1.807, 2.05) is 0 Å². The molecule has 0 spiro atoms. The zero-order valence-corrected chi connectivity index (χ0v) is 16.8. The highest BCUT2D eigenvalue weighted by Crippen LogP contribution is 2.48. The van der Waals surface area contributed by atoms with Crippen molar-refractivity contribution in [1.82, 2.24) is 14.1 Å². The standard InChI is InChI=1S/C21H20F5N3O2/c1-12-7-14(11-28(2)19(12)30)13-3-4-16-17(8-13)29(5-6-31-21(24,25)26)18(27-16)15-9-20(22,23)10-15/h3-4,7-8,11,15H,5-6,9-10H2,1-2H3. The highest BCUT2D eigenvalue weighted by molar-refractivity contribution is 5.83. The van der Waals surface area contributed by atoms with Gasteiger partial charge in [0.05, 0.1) is 17.6 Å². The van der Waals surface area contributed by atoms with Crippen molar-refractivity contribution in [3.8, 4) is 11.1 Å². The van der Waals surface area contributed by atoms with Crippen molar-refractivity contribution in [2.75, 3.05) is 6.61 Å². The first-order valence-corrected chi connectivity index (χ1v) is 9.70. The van der Waals surface area contributed by atoms with Gasteiger partial charge < -0.3 is 9.13 Å². The molecule has 1 aliphatic carbocycles. The summed E-state index contributed by atoms with van der Waals surface area (Å²) in [4.78, 5) is 16.4. The summed E-state index contributed by atoms with van der Waals surface area (Å²) in [6, 6.07) is 6.96. The molecule has 0 atom stereocenters. The van der Waals surface area contributed by atoms with Crippen molar-refractivity contribution in [2.24, 2.45) is 7.05 Å². The van der Waals surface area contributed by atoms with Crippen LogP contribution in [-0.4, -0.2) is 33.0 Å². The van der Waals surface area contributed by atoms with Crippen molar-refractivity contribution >= 4 is 11.0 Å². The molecule has 1 fully saturated rings. The Morgan fingerprint density at radius 1 is 1.19 bits per heavy atom. The van der Waals surface area contributed by atoms with E-state index in [9.17, 15) is 26.7 Å². The molecule has 0 unspecified atom stereocenters. The molecule has 0 radical (unpaired) electrons. The average molecular weight is 441 g/mol. The monoisotopic (exact) mass is 441 g/mol. The van der Waals surface area contributed by atoms with Crippen LogP contribution in [0.25, 0.3) is 22.2 Å². The predicted molar refractivity (Wildman–Crippen MR) is 104 cm³/mol. The van der Waals surface area contributed by atoms with Crippen molar-refractivity contribution in [3.63, 3.8) is 0 Å². The third kappa shape index (κ3) is 4.34. The molecule has 1 aliphatic rings. The molecule has 0 N–H and O–H groups in total. The van der Waals surface area contributed by atoms with Crippen molar-refractivity contribution < 1.29 is 26.7 Å². The van der Waals surface area contributed by atoms with Gasteiger partial charge in [0.15, 0.2) is 0 Å². The molecule has 4 rings (SSSR count). The summed E-state index contributed by atoms with van der Waals surface area (Å²) >= 11 is 0. The fourth-order valence-electron chi connectivity index (χ4n) is 4.00. The van der Waals surface area contributed by atoms with Gasteiger partial charge in [0, 0.05) is 44.1 Å². The molecule has 0 amide bonds. The van der Waals surface area contributed by atoms with Gasteiger partial charge in [0.1, 0.15) is 5.82 Å². The largest absolute Gasteiger partial charge is 0.522 e. The van der Waals surface area contributed by atoms with Gasteiger partial charge in [0.2, 0.25) is 5.92 Å². The number of nitrogens with zero attached hydrogens (tertiary/aromatic N) is 3. The molecule has 0 bridgehead atoms. The Labute approximate surface area is 174 Å². The van der Waals surface area contributed by atoms with Gasteiger partial charge in [-0.1, -0.05) is 6.07 Å². The molecular formula is C21H20F5N3O2. The first kappa shape index (κ1) is 21.5. The first-order chi connectivity index (χ1) is 14.4. The van der Waals surface area contributed by atoms with Crippen molar-refractivity contribution in [1.29, 1.82) is 0 Å². The number of rotatable bonds is 5. The molecule has 2 heterocycles. The van der Waals surface area contributed by atoms with Crippen molar-refractivity contribution in [2.45, 2.75) is 44.5 Å². The smallest absolute Gasteiger partial charge is 0.325 e. The maximum atomic E-state index is 13.4. The molecule has 1 aromatic carbocycles. The van der Waals surface area contributed by atoms with E-state index < -0.39 is 24.8 Å². The van der Waals surface area contributed by atoms with Gasteiger partial charge in [-0.05, 0) is 36.2 Å². The summed E-state index contributed by atoms with van der Waals surface area (Å²) < 4.78 is 71.1. The minimum absolute atomic E-state index is 0.132. The van der Waals surface area contributed by atoms with Gasteiger partial charge in [-0.2, -0.15) is 0 Å². The Morgan fingerprint density at radius 2 is 1.90 bits per heavy atom. The van der Waals surface area contributed by atoms with Crippen LogP contribution in [0.15, 0.2) is 35.3 Å². The van der Waals surface area contributed by atoms with E-state index >= 15 is 0 Å². The third-order valence-corrected chi connectivity index (χ3v) is 5.51. The highest BCUT2D eigenvalue weighted by atomic mass is 19.4. The number of halogens is 5. The van der Waals surface area contributed by atoms with E-state index in [4.69, 9.17) is 0 Å². The molecule has 166 valence electrons. The molecule has 0 saturated heterocycles. The number of hydrogen-bond donors (Lipinski definition) is 0. The number of pyridine rings is 1. The summed E-state index contributed by atoms with van der Waals surface area (Å²) in [5, 5.41) is 0. The number of fused-ring (bicyclic) bond motifs is 1. The number of alkyl halides is 5. The lowest BCUT2D eigenvalue weighted by Crippen LogP contribution is -2.35. The normalized spacial score (nSPS) is 16.6. The fourth-order valence-corrected chi connectivity index (χ4v) is 4.00. The Bertz CT molecular complexity index is 1160. The number of ether oxygens (including phenoxy) is 1. The quantitative estimate of drug-likeness (QED) is 0.537. The second-order valence-corrected chi connectivity index (χ2v) is 7.91. The number of aryl methyl sites for hydroxylation is 2. The van der Waals surface area contributed by atoms with Gasteiger partial charge in [-0.3, -0.25) is 9.53 Å². The lowest BCUT2D eigenvalue weighted by atomic mass is 9.81. The van der Waals surface area contributed by atoms with E-state index in [-0.39, 0.29) is 24.9 Å². The highest BCUT2D eigenvalue weighted by Gasteiger charge is 2.48. The molecule has 2 aromatic heterocycles. The second-order valence-electron chi connectivity index (χ2n) is 7.91. The maximum absolute atomic E-state index is 13.4. The summed E-state index contributed by atoms with van der Waals surface area (Å²) in [7, 11) is 1.63. The number of imidazole rings is 1. The summed E-state index contributed by atoms with van der Waals surface area (Å²) in [6.45, 7) is 0.857. The predicted octanol–water partition coefficient (Wildman–Crippen LogP) is 4.76. The second kappa shape index (κ2) is 7.44. The van der Waals surface area contributed by atoms with Crippen LogP contribution in [0.2, 0.25) is 0 Å². The van der Waals surface area contributed by atoms with Gasteiger partial charge in [0.25, 0.3) is 5.56 Å². The number of aromatic nitrogens is 3. The van der Waals surface area contributed by atoms with Crippen molar-refractivity contribution in [3.05, 3.63) is 52.2 Å². The molecule has 3 aromatic rings.